The van der Waals surface area contributed by atoms with Crippen LogP contribution in [0.2, 0.25) is 0 Å². The van der Waals surface area contributed by atoms with E-state index in [1.807, 2.05) is 0 Å². The summed E-state index contributed by atoms with van der Waals surface area (Å²) in [5, 5.41) is 9.35. The van der Waals surface area contributed by atoms with E-state index in [1.54, 1.807) is 24.2 Å². The van der Waals surface area contributed by atoms with Crippen molar-refractivity contribution in [2.24, 2.45) is 18.4 Å². The Bertz CT molecular complexity index is 664. The lowest BCUT2D eigenvalue weighted by atomic mass is 9.83. The maximum absolute atomic E-state index is 12.8. The average molecular weight is 301 g/mol. The molecule has 0 aliphatic carbocycles. The van der Waals surface area contributed by atoms with Crippen molar-refractivity contribution in [3.63, 3.8) is 0 Å². The molecule has 0 aromatic carbocycles. The molecule has 1 aliphatic rings. The van der Waals surface area contributed by atoms with Gasteiger partial charge in [-0.05, 0) is 24.3 Å². The van der Waals surface area contributed by atoms with Gasteiger partial charge in [0.25, 0.3) is 5.91 Å². The molecule has 1 aromatic rings. The van der Waals surface area contributed by atoms with Gasteiger partial charge in [0.05, 0.1) is 17.6 Å². The summed E-state index contributed by atoms with van der Waals surface area (Å²) in [5.41, 5.74) is 0.408. The van der Waals surface area contributed by atoms with E-state index in [0.29, 0.717) is 12.1 Å². The summed E-state index contributed by atoms with van der Waals surface area (Å²) < 4.78 is 1.41. The summed E-state index contributed by atoms with van der Waals surface area (Å²) in [7, 11) is 1.63. The van der Waals surface area contributed by atoms with Crippen molar-refractivity contribution in [3.05, 3.63) is 34.2 Å². The fourth-order valence-corrected chi connectivity index (χ4v) is 3.02. The molecule has 0 radical (unpaired) electrons. The number of hydrogen-bond acceptors (Lipinski definition) is 3. The molecule has 2 heterocycles. The number of nitrogens with zero attached hydrogens (tertiary/aromatic N) is 3. The van der Waals surface area contributed by atoms with Crippen LogP contribution in [-0.2, 0) is 7.05 Å². The summed E-state index contributed by atoms with van der Waals surface area (Å²) in [6.07, 6.45) is 3.08. The van der Waals surface area contributed by atoms with E-state index in [9.17, 15) is 14.9 Å². The third-order valence-electron chi connectivity index (χ3n) is 4.13. The molecule has 1 amide bonds. The minimum atomic E-state index is -0.140. The van der Waals surface area contributed by atoms with Crippen molar-refractivity contribution in [2.75, 3.05) is 6.54 Å². The largest absolute Gasteiger partial charge is 0.334 e. The molecule has 0 spiro atoms. The molecule has 1 saturated heterocycles. The van der Waals surface area contributed by atoms with Crippen LogP contribution in [0.15, 0.2) is 23.1 Å². The van der Waals surface area contributed by atoms with Gasteiger partial charge in [0, 0.05) is 31.9 Å². The maximum atomic E-state index is 12.8. The number of rotatable bonds is 2. The van der Waals surface area contributed by atoms with Crippen LogP contribution < -0.4 is 5.56 Å². The number of carbonyl (C=O) groups excluding carboxylic acids is 1. The molecule has 22 heavy (non-hydrogen) atoms. The predicted molar refractivity (Wildman–Crippen MR) is 84.3 cm³/mol. The highest BCUT2D eigenvalue weighted by molar-refractivity contribution is 5.94. The van der Waals surface area contributed by atoms with Crippen LogP contribution in [0.25, 0.3) is 0 Å². The van der Waals surface area contributed by atoms with Crippen molar-refractivity contribution in [2.45, 2.75) is 39.7 Å². The Balaban J connectivity index is 2.29. The molecule has 1 aliphatic heterocycles. The normalized spacial score (nSPS) is 21.7. The van der Waals surface area contributed by atoms with E-state index in [4.69, 9.17) is 0 Å². The third-order valence-corrected chi connectivity index (χ3v) is 4.13. The first-order chi connectivity index (χ1) is 10.2. The average Bonchev–Trinajstić information content (AvgIpc) is 2.81. The van der Waals surface area contributed by atoms with Crippen LogP contribution in [0, 0.1) is 22.7 Å². The van der Waals surface area contributed by atoms with Gasteiger partial charge in [-0.25, -0.2) is 0 Å². The van der Waals surface area contributed by atoms with Crippen LogP contribution >= 0.6 is 0 Å². The zero-order valence-corrected chi connectivity index (χ0v) is 13.7. The second kappa shape index (κ2) is 5.96. The van der Waals surface area contributed by atoms with Crippen LogP contribution in [0.3, 0.4) is 0 Å². The molecule has 0 saturated carbocycles. The van der Waals surface area contributed by atoms with E-state index >= 15 is 0 Å². The molecule has 1 fully saturated rings. The molecule has 0 bridgehead atoms. The molecular weight excluding hydrogens is 278 g/mol. The highest BCUT2D eigenvalue weighted by atomic mass is 16.2. The van der Waals surface area contributed by atoms with Gasteiger partial charge < -0.3 is 9.47 Å². The molecule has 2 rings (SSSR count). The number of nitriles is 1. The zero-order valence-electron chi connectivity index (χ0n) is 13.7. The molecule has 0 N–H and O–H groups in total. The smallest absolute Gasteiger partial charge is 0.255 e. The van der Waals surface area contributed by atoms with Gasteiger partial charge in [-0.2, -0.15) is 5.26 Å². The van der Waals surface area contributed by atoms with Crippen molar-refractivity contribution < 1.29 is 4.79 Å². The van der Waals surface area contributed by atoms with Gasteiger partial charge in [0.15, 0.2) is 0 Å². The van der Waals surface area contributed by atoms with Gasteiger partial charge in [-0.1, -0.05) is 20.8 Å². The minimum Gasteiger partial charge on any atom is -0.334 e. The minimum absolute atomic E-state index is 0.0478. The van der Waals surface area contributed by atoms with E-state index in [0.717, 1.165) is 12.8 Å². The number of pyridine rings is 1. The Kier molecular flexibility index (Phi) is 4.41. The standard InChI is InChI=1S/C17H23N3O2/c1-17(2,3)9-14-12(10-18)7-8-20(14)16(22)13-5-6-15(21)19(4)11-13/h5-6,11-12,14H,7-9H2,1-4H3. The lowest BCUT2D eigenvalue weighted by Gasteiger charge is -2.31. The lowest BCUT2D eigenvalue weighted by Crippen LogP contribution is -2.40. The first-order valence-electron chi connectivity index (χ1n) is 7.60. The van der Waals surface area contributed by atoms with Crippen molar-refractivity contribution in [3.8, 4) is 6.07 Å². The van der Waals surface area contributed by atoms with Gasteiger partial charge in [0.2, 0.25) is 5.56 Å². The van der Waals surface area contributed by atoms with Crippen LogP contribution in [0.1, 0.15) is 44.0 Å². The number of hydrogen-bond donors (Lipinski definition) is 0. The summed E-state index contributed by atoms with van der Waals surface area (Å²) >= 11 is 0. The van der Waals surface area contributed by atoms with Crippen LogP contribution in [0.4, 0.5) is 0 Å². The Hall–Kier alpha value is -2.09. The zero-order chi connectivity index (χ0) is 16.5. The SMILES string of the molecule is Cn1cc(C(=O)N2CCC(C#N)C2CC(C)(C)C)ccc1=O. The number of carbonyl (C=O) groups is 1. The van der Waals surface area contributed by atoms with Gasteiger partial charge >= 0.3 is 0 Å². The summed E-state index contributed by atoms with van der Waals surface area (Å²) in [4.78, 5) is 26.0. The summed E-state index contributed by atoms with van der Waals surface area (Å²) in [6.45, 7) is 6.96. The monoisotopic (exact) mass is 301 g/mol. The van der Waals surface area contributed by atoms with E-state index < -0.39 is 0 Å². The van der Waals surface area contributed by atoms with Crippen molar-refractivity contribution >= 4 is 5.91 Å². The number of aryl methyl sites for hydroxylation is 1. The molecule has 5 nitrogen and oxygen atoms in total. The van der Waals surface area contributed by atoms with E-state index in [-0.39, 0.29) is 28.8 Å². The maximum Gasteiger partial charge on any atom is 0.255 e. The quantitative estimate of drug-likeness (QED) is 0.841. The molecule has 118 valence electrons. The molecule has 2 atom stereocenters. The second-order valence-electron chi connectivity index (χ2n) is 7.22. The molecule has 2 unspecified atom stereocenters. The first-order valence-corrected chi connectivity index (χ1v) is 7.60. The molecular formula is C17H23N3O2. The van der Waals surface area contributed by atoms with Gasteiger partial charge in [-0.15, -0.1) is 0 Å². The second-order valence-corrected chi connectivity index (χ2v) is 7.22. The first kappa shape index (κ1) is 16.3. The number of amides is 1. The fraction of sp³-hybridized carbons (Fsp3) is 0.588. The van der Waals surface area contributed by atoms with Crippen molar-refractivity contribution in [1.29, 1.82) is 5.26 Å². The Labute approximate surface area is 131 Å². The highest BCUT2D eigenvalue weighted by Crippen LogP contribution is 2.34. The van der Waals surface area contributed by atoms with Gasteiger partial charge in [-0.3, -0.25) is 9.59 Å². The number of aromatic nitrogens is 1. The predicted octanol–water partition coefficient (Wildman–Crippen LogP) is 2.18. The lowest BCUT2D eigenvalue weighted by molar-refractivity contribution is 0.0689. The fourth-order valence-electron chi connectivity index (χ4n) is 3.02. The molecule has 5 heteroatoms. The van der Waals surface area contributed by atoms with E-state index in [1.165, 1.54) is 10.6 Å². The number of likely N-dealkylation sites (tertiary alicyclic amines) is 1. The highest BCUT2D eigenvalue weighted by Gasteiger charge is 2.39. The van der Waals surface area contributed by atoms with Crippen molar-refractivity contribution in [1.82, 2.24) is 9.47 Å². The van der Waals surface area contributed by atoms with E-state index in [2.05, 4.69) is 26.8 Å². The molecule has 1 aromatic heterocycles. The Morgan fingerprint density at radius 1 is 1.41 bits per heavy atom. The van der Waals surface area contributed by atoms with Gasteiger partial charge in [0.1, 0.15) is 0 Å². The van der Waals surface area contributed by atoms with Crippen LogP contribution in [-0.4, -0.2) is 28.0 Å². The summed E-state index contributed by atoms with van der Waals surface area (Å²) in [6, 6.07) is 5.26. The Morgan fingerprint density at radius 2 is 2.09 bits per heavy atom. The van der Waals surface area contributed by atoms with Crippen LogP contribution in [0.5, 0.6) is 0 Å². The topological polar surface area (TPSA) is 66.1 Å². The Morgan fingerprint density at radius 3 is 2.64 bits per heavy atom. The third kappa shape index (κ3) is 3.38. The summed E-state index contributed by atoms with van der Waals surface area (Å²) in [5.74, 6) is -0.210.